The molecule has 0 aliphatic heterocycles. The number of hydrogen-bond donors (Lipinski definition) is 1. The molecule has 0 heterocycles. The van der Waals surface area contributed by atoms with Gasteiger partial charge in [0.25, 0.3) is 0 Å². The topological polar surface area (TPSA) is 55.4 Å². The van der Waals surface area contributed by atoms with Crippen molar-refractivity contribution in [3.8, 4) is 0 Å². The van der Waals surface area contributed by atoms with E-state index in [4.69, 9.17) is 11.6 Å². The first kappa shape index (κ1) is 15.4. The van der Waals surface area contributed by atoms with Gasteiger partial charge in [0.05, 0.1) is 23.8 Å². The van der Waals surface area contributed by atoms with Crippen molar-refractivity contribution in [1.82, 2.24) is 0 Å². The van der Waals surface area contributed by atoms with Crippen LogP contribution in [0.1, 0.15) is 24.2 Å². The number of halogens is 2. The molecule has 0 atom stereocenters. The molecule has 0 saturated carbocycles. The van der Waals surface area contributed by atoms with E-state index in [2.05, 4.69) is 10.1 Å². The Labute approximate surface area is 115 Å². The van der Waals surface area contributed by atoms with Crippen LogP contribution in [-0.4, -0.2) is 24.9 Å². The van der Waals surface area contributed by atoms with Crippen LogP contribution < -0.4 is 5.32 Å². The zero-order chi connectivity index (χ0) is 14.6. The maximum Gasteiger partial charge on any atom is 0.339 e. The minimum absolute atomic E-state index is 0.0649. The quantitative estimate of drug-likeness (QED) is 0.684. The summed E-state index contributed by atoms with van der Waals surface area (Å²) in [5.41, 5.74) is -0.681. The predicted octanol–water partition coefficient (Wildman–Crippen LogP) is 2.82. The summed E-state index contributed by atoms with van der Waals surface area (Å²) in [4.78, 5) is 23.5. The van der Waals surface area contributed by atoms with E-state index >= 15 is 0 Å². The Balaban J connectivity index is 3.09. The van der Waals surface area contributed by atoms with Gasteiger partial charge in [-0.2, -0.15) is 0 Å². The number of nitrogens with one attached hydrogen (secondary N) is 1. The minimum atomic E-state index is -0.832. The average molecular weight is 288 g/mol. The highest BCUT2D eigenvalue weighted by Crippen LogP contribution is 2.23. The van der Waals surface area contributed by atoms with Crippen molar-refractivity contribution in [2.75, 3.05) is 18.3 Å². The average Bonchev–Trinajstić information content (AvgIpc) is 2.38. The molecule has 6 heteroatoms. The zero-order valence-electron chi connectivity index (χ0n) is 10.9. The Morgan fingerprint density at radius 3 is 2.58 bits per heavy atom. The number of esters is 1. The molecule has 0 fully saturated rings. The summed E-state index contributed by atoms with van der Waals surface area (Å²) >= 11 is 5.69. The van der Waals surface area contributed by atoms with Crippen LogP contribution in [0.25, 0.3) is 0 Å². The molecule has 0 aliphatic rings. The van der Waals surface area contributed by atoms with Gasteiger partial charge < -0.3 is 10.1 Å². The highest BCUT2D eigenvalue weighted by molar-refractivity contribution is 6.20. The van der Waals surface area contributed by atoms with Gasteiger partial charge in [-0.25, -0.2) is 9.18 Å². The van der Waals surface area contributed by atoms with Gasteiger partial charge in [0.2, 0.25) is 5.91 Å². The van der Waals surface area contributed by atoms with Gasteiger partial charge in [0, 0.05) is 5.88 Å². The molecule has 1 amide bonds. The zero-order valence-corrected chi connectivity index (χ0v) is 11.7. The van der Waals surface area contributed by atoms with Crippen molar-refractivity contribution in [3.05, 3.63) is 29.6 Å². The van der Waals surface area contributed by atoms with E-state index in [1.54, 1.807) is 13.8 Å². The number of alkyl halides is 1. The first-order valence-corrected chi connectivity index (χ1v) is 6.10. The fraction of sp³-hybridized carbons (Fsp3) is 0.385. The van der Waals surface area contributed by atoms with Crippen molar-refractivity contribution in [2.45, 2.75) is 13.8 Å². The second kappa shape index (κ2) is 6.02. The van der Waals surface area contributed by atoms with E-state index in [1.807, 2.05) is 0 Å². The summed E-state index contributed by atoms with van der Waals surface area (Å²) in [6.07, 6.45) is 0. The Morgan fingerprint density at radius 1 is 1.42 bits per heavy atom. The number of amides is 1. The first-order chi connectivity index (χ1) is 8.81. The van der Waals surface area contributed by atoms with Crippen molar-refractivity contribution in [1.29, 1.82) is 0 Å². The van der Waals surface area contributed by atoms with Crippen LogP contribution in [0.3, 0.4) is 0 Å². The van der Waals surface area contributed by atoms with Gasteiger partial charge >= 0.3 is 5.97 Å². The van der Waals surface area contributed by atoms with Crippen LogP contribution >= 0.6 is 11.6 Å². The van der Waals surface area contributed by atoms with E-state index < -0.39 is 23.1 Å². The van der Waals surface area contributed by atoms with Crippen LogP contribution in [0.15, 0.2) is 18.2 Å². The second-order valence-electron chi connectivity index (χ2n) is 4.65. The third-order valence-corrected chi connectivity index (χ3v) is 3.25. The molecule has 0 radical (unpaired) electrons. The molecule has 0 aromatic heterocycles. The molecule has 0 unspecified atom stereocenters. The van der Waals surface area contributed by atoms with Crippen molar-refractivity contribution < 1.29 is 18.7 Å². The summed E-state index contributed by atoms with van der Waals surface area (Å²) in [5.74, 6) is -1.52. The molecule has 0 aliphatic carbocycles. The number of carbonyl (C=O) groups excluding carboxylic acids is 2. The molecule has 19 heavy (non-hydrogen) atoms. The van der Waals surface area contributed by atoms with Gasteiger partial charge in [0.15, 0.2) is 0 Å². The van der Waals surface area contributed by atoms with E-state index in [9.17, 15) is 14.0 Å². The normalized spacial score (nSPS) is 11.0. The molecule has 1 aromatic rings. The molecule has 1 N–H and O–H groups in total. The lowest BCUT2D eigenvalue weighted by Crippen LogP contribution is -2.32. The summed E-state index contributed by atoms with van der Waals surface area (Å²) in [6.45, 7) is 3.29. The first-order valence-electron chi connectivity index (χ1n) is 5.57. The van der Waals surface area contributed by atoms with Gasteiger partial charge in [-0.1, -0.05) is 0 Å². The number of rotatable bonds is 4. The van der Waals surface area contributed by atoms with E-state index in [1.165, 1.54) is 13.2 Å². The summed E-state index contributed by atoms with van der Waals surface area (Å²) in [6, 6.07) is 3.44. The fourth-order valence-electron chi connectivity index (χ4n) is 1.26. The molecule has 1 aromatic carbocycles. The monoisotopic (exact) mass is 287 g/mol. The second-order valence-corrected chi connectivity index (χ2v) is 4.92. The molecule has 4 nitrogen and oxygen atoms in total. The molecule has 0 bridgehead atoms. The number of benzene rings is 1. The van der Waals surface area contributed by atoms with E-state index in [0.717, 1.165) is 12.1 Å². The minimum Gasteiger partial charge on any atom is -0.465 e. The maximum absolute atomic E-state index is 13.2. The number of hydrogen-bond acceptors (Lipinski definition) is 3. The van der Waals surface area contributed by atoms with Gasteiger partial charge in [-0.15, -0.1) is 11.6 Å². The Hall–Kier alpha value is -1.62. The summed E-state index contributed by atoms with van der Waals surface area (Å²) < 4.78 is 17.8. The Bertz CT molecular complexity index is 503. The predicted molar refractivity (Wildman–Crippen MR) is 70.9 cm³/mol. The molecule has 0 saturated heterocycles. The molecular formula is C13H15ClFNO3. The largest absolute Gasteiger partial charge is 0.465 e. The number of methoxy groups -OCH3 is 1. The summed E-state index contributed by atoms with van der Waals surface area (Å²) in [7, 11) is 1.21. The lowest BCUT2D eigenvalue weighted by atomic mass is 9.95. The third-order valence-electron chi connectivity index (χ3n) is 2.58. The smallest absolute Gasteiger partial charge is 0.339 e. The van der Waals surface area contributed by atoms with Crippen molar-refractivity contribution in [3.63, 3.8) is 0 Å². The van der Waals surface area contributed by atoms with Gasteiger partial charge in [-0.3, -0.25) is 4.79 Å². The van der Waals surface area contributed by atoms with E-state index in [0.29, 0.717) is 0 Å². The van der Waals surface area contributed by atoms with Crippen molar-refractivity contribution >= 4 is 29.2 Å². The highest BCUT2D eigenvalue weighted by Gasteiger charge is 2.27. The van der Waals surface area contributed by atoms with Crippen LogP contribution in [0.2, 0.25) is 0 Å². The third kappa shape index (κ3) is 3.67. The highest BCUT2D eigenvalue weighted by atomic mass is 35.5. The van der Waals surface area contributed by atoms with Crippen molar-refractivity contribution in [2.24, 2.45) is 5.41 Å². The van der Waals surface area contributed by atoms with Crippen LogP contribution in [0.4, 0.5) is 10.1 Å². The van der Waals surface area contributed by atoms with Crippen LogP contribution in [0.5, 0.6) is 0 Å². The lowest BCUT2D eigenvalue weighted by molar-refractivity contribution is -0.122. The van der Waals surface area contributed by atoms with Crippen LogP contribution in [0, 0.1) is 11.2 Å². The van der Waals surface area contributed by atoms with E-state index in [-0.39, 0.29) is 17.1 Å². The number of carbonyl (C=O) groups is 2. The molecule has 0 spiro atoms. The summed E-state index contributed by atoms with van der Waals surface area (Å²) in [5, 5.41) is 2.49. The van der Waals surface area contributed by atoms with Gasteiger partial charge in [-0.05, 0) is 32.0 Å². The molecule has 1 rings (SSSR count). The Kier molecular flexibility index (Phi) is 4.89. The standard InChI is InChI=1S/C13H15ClFNO3/c1-13(2,7-14)12(18)16-10-6-8(15)4-5-9(10)11(17)19-3/h4-6H,7H2,1-3H3,(H,16,18). The molecular weight excluding hydrogens is 273 g/mol. The Morgan fingerprint density at radius 2 is 2.05 bits per heavy atom. The fourth-order valence-corrected chi connectivity index (χ4v) is 1.38. The van der Waals surface area contributed by atoms with Gasteiger partial charge in [0.1, 0.15) is 5.82 Å². The SMILES string of the molecule is COC(=O)c1ccc(F)cc1NC(=O)C(C)(C)CCl. The number of ether oxygens (including phenoxy) is 1. The molecule has 104 valence electrons. The number of anilines is 1. The van der Waals surface area contributed by atoms with Crippen LogP contribution in [-0.2, 0) is 9.53 Å². The lowest BCUT2D eigenvalue weighted by Gasteiger charge is -2.21. The maximum atomic E-state index is 13.2.